The van der Waals surface area contributed by atoms with Crippen LogP contribution in [0.5, 0.6) is 0 Å². The van der Waals surface area contributed by atoms with Crippen LogP contribution in [0.1, 0.15) is 5.69 Å². The molecule has 1 aromatic heterocycles. The fourth-order valence-electron chi connectivity index (χ4n) is 1.32. The van der Waals surface area contributed by atoms with Crippen molar-refractivity contribution in [3.05, 3.63) is 43.0 Å². The van der Waals surface area contributed by atoms with Gasteiger partial charge < -0.3 is 0 Å². The minimum atomic E-state index is 0.398. The second kappa shape index (κ2) is 5.22. The van der Waals surface area contributed by atoms with Crippen LogP contribution in [0.15, 0.2) is 27.1 Å². The molecule has 0 fully saturated rings. The molecule has 0 radical (unpaired) electrons. The second-order valence-corrected chi connectivity index (χ2v) is 5.80. The molecule has 17 heavy (non-hydrogen) atoms. The fourth-order valence-corrected chi connectivity index (χ4v) is 2.57. The zero-order valence-electron chi connectivity index (χ0n) is 8.64. The molecule has 0 amide bonds. The molecule has 0 unspecified atom stereocenters. The van der Waals surface area contributed by atoms with E-state index in [2.05, 4.69) is 41.8 Å². The Morgan fingerprint density at radius 1 is 1.12 bits per heavy atom. The molecule has 0 N–H and O–H groups in total. The van der Waals surface area contributed by atoms with Gasteiger partial charge in [-0.05, 0) is 57.0 Å². The van der Waals surface area contributed by atoms with Gasteiger partial charge in [0.25, 0.3) is 0 Å². The van der Waals surface area contributed by atoms with E-state index in [0.717, 1.165) is 15.7 Å². The maximum absolute atomic E-state index is 6.01. The third kappa shape index (κ3) is 2.81. The predicted molar refractivity (Wildman–Crippen MR) is 77.6 cm³/mol. The Labute approximate surface area is 126 Å². The highest BCUT2D eigenvalue weighted by molar-refractivity contribution is 9.11. The smallest absolute Gasteiger partial charge is 0.162 e. The Morgan fingerprint density at radius 2 is 1.82 bits per heavy atom. The third-order valence-electron chi connectivity index (χ3n) is 2.15. The SMILES string of the molecule is Cc1nc(-c2ccc(Cl)cc2Br)nc(Cl)c1Br. The highest BCUT2D eigenvalue weighted by Crippen LogP contribution is 2.31. The molecule has 0 saturated carbocycles. The number of hydrogen-bond donors (Lipinski definition) is 0. The summed E-state index contributed by atoms with van der Waals surface area (Å²) in [6, 6.07) is 5.44. The van der Waals surface area contributed by atoms with Crippen LogP contribution in [0.3, 0.4) is 0 Å². The summed E-state index contributed by atoms with van der Waals surface area (Å²) < 4.78 is 1.55. The number of nitrogens with zero attached hydrogens (tertiary/aromatic N) is 2. The van der Waals surface area contributed by atoms with E-state index in [1.165, 1.54) is 0 Å². The lowest BCUT2D eigenvalue weighted by molar-refractivity contribution is 1.09. The van der Waals surface area contributed by atoms with Crippen LogP contribution in [0.2, 0.25) is 10.2 Å². The van der Waals surface area contributed by atoms with E-state index in [0.29, 0.717) is 20.5 Å². The van der Waals surface area contributed by atoms with E-state index in [1.54, 1.807) is 12.1 Å². The zero-order chi connectivity index (χ0) is 12.6. The molecule has 2 nitrogen and oxygen atoms in total. The van der Waals surface area contributed by atoms with Crippen molar-refractivity contribution in [1.82, 2.24) is 9.97 Å². The van der Waals surface area contributed by atoms with E-state index < -0.39 is 0 Å². The van der Waals surface area contributed by atoms with Crippen molar-refractivity contribution in [2.75, 3.05) is 0 Å². The first-order valence-electron chi connectivity index (χ1n) is 4.64. The van der Waals surface area contributed by atoms with Gasteiger partial charge in [-0.2, -0.15) is 0 Å². The molecule has 1 heterocycles. The standard InChI is InChI=1S/C11H6Br2Cl2N2/c1-5-9(13)10(15)17-11(16-5)7-3-2-6(14)4-8(7)12/h2-4H,1H3. The molecule has 0 spiro atoms. The molecular formula is C11H6Br2Cl2N2. The molecule has 0 aliphatic heterocycles. The van der Waals surface area contributed by atoms with Crippen LogP contribution in [0, 0.1) is 6.92 Å². The Kier molecular flexibility index (Phi) is 4.08. The summed E-state index contributed by atoms with van der Waals surface area (Å²) in [5.74, 6) is 0.569. The normalized spacial score (nSPS) is 10.6. The van der Waals surface area contributed by atoms with Gasteiger partial charge in [0.05, 0.1) is 10.2 Å². The van der Waals surface area contributed by atoms with Crippen LogP contribution in [-0.2, 0) is 0 Å². The Morgan fingerprint density at radius 3 is 2.41 bits per heavy atom. The van der Waals surface area contributed by atoms with E-state index >= 15 is 0 Å². The van der Waals surface area contributed by atoms with Crippen molar-refractivity contribution >= 4 is 55.1 Å². The summed E-state index contributed by atoms with van der Waals surface area (Å²) in [5, 5.41) is 1.05. The van der Waals surface area contributed by atoms with Gasteiger partial charge in [0.1, 0.15) is 5.15 Å². The lowest BCUT2D eigenvalue weighted by atomic mass is 10.2. The number of halogens is 4. The minimum Gasteiger partial charge on any atom is -0.232 e. The van der Waals surface area contributed by atoms with Crippen LogP contribution < -0.4 is 0 Å². The quantitative estimate of drug-likeness (QED) is 0.612. The van der Waals surface area contributed by atoms with Crippen LogP contribution >= 0.6 is 55.1 Å². The lowest BCUT2D eigenvalue weighted by Gasteiger charge is -2.07. The Hall–Kier alpha value is -0.160. The maximum Gasteiger partial charge on any atom is 0.162 e. The summed E-state index contributed by atoms with van der Waals surface area (Å²) in [6.07, 6.45) is 0. The average Bonchev–Trinajstić information content (AvgIpc) is 2.25. The largest absolute Gasteiger partial charge is 0.232 e. The first kappa shape index (κ1) is 13.3. The molecule has 0 saturated heterocycles. The number of rotatable bonds is 1. The maximum atomic E-state index is 6.01. The van der Waals surface area contributed by atoms with Crippen molar-refractivity contribution < 1.29 is 0 Å². The molecule has 0 aliphatic carbocycles. The molecule has 6 heteroatoms. The highest BCUT2D eigenvalue weighted by atomic mass is 79.9. The summed E-state index contributed by atoms with van der Waals surface area (Å²) in [4.78, 5) is 8.61. The third-order valence-corrected chi connectivity index (χ3v) is 4.49. The zero-order valence-corrected chi connectivity index (χ0v) is 13.3. The molecule has 0 aliphatic rings. The number of aryl methyl sites for hydroxylation is 1. The van der Waals surface area contributed by atoms with Crippen molar-refractivity contribution in [3.63, 3.8) is 0 Å². The average molecular weight is 397 g/mol. The molecule has 88 valence electrons. The highest BCUT2D eigenvalue weighted by Gasteiger charge is 2.11. The summed E-state index contributed by atoms with van der Waals surface area (Å²) in [6.45, 7) is 1.87. The Balaban J connectivity index is 2.61. The van der Waals surface area contributed by atoms with Crippen molar-refractivity contribution in [1.29, 1.82) is 0 Å². The second-order valence-electron chi connectivity index (χ2n) is 3.36. The van der Waals surface area contributed by atoms with Crippen LogP contribution in [-0.4, -0.2) is 9.97 Å². The first-order chi connectivity index (χ1) is 7.99. The lowest BCUT2D eigenvalue weighted by Crippen LogP contribution is -1.95. The van der Waals surface area contributed by atoms with Crippen molar-refractivity contribution in [3.8, 4) is 11.4 Å². The number of aromatic nitrogens is 2. The first-order valence-corrected chi connectivity index (χ1v) is 6.98. The Bertz CT molecular complexity index is 565. The number of benzene rings is 1. The molecule has 1 aromatic carbocycles. The van der Waals surface area contributed by atoms with Crippen molar-refractivity contribution in [2.45, 2.75) is 6.92 Å². The topological polar surface area (TPSA) is 25.8 Å². The van der Waals surface area contributed by atoms with Gasteiger partial charge in [0.2, 0.25) is 0 Å². The van der Waals surface area contributed by atoms with Gasteiger partial charge in [-0.3, -0.25) is 0 Å². The molecule has 0 atom stereocenters. The summed E-state index contributed by atoms with van der Waals surface area (Å²) in [5.41, 5.74) is 1.65. The van der Waals surface area contributed by atoms with Gasteiger partial charge in [-0.25, -0.2) is 9.97 Å². The van der Waals surface area contributed by atoms with E-state index in [9.17, 15) is 0 Å². The van der Waals surface area contributed by atoms with Crippen molar-refractivity contribution in [2.24, 2.45) is 0 Å². The fraction of sp³-hybridized carbons (Fsp3) is 0.0909. The predicted octanol–water partition coefficient (Wildman–Crippen LogP) is 5.28. The molecule has 0 bridgehead atoms. The van der Waals surface area contributed by atoms with Gasteiger partial charge >= 0.3 is 0 Å². The summed E-state index contributed by atoms with van der Waals surface area (Å²) in [7, 11) is 0. The van der Waals surface area contributed by atoms with E-state index in [-0.39, 0.29) is 0 Å². The van der Waals surface area contributed by atoms with Gasteiger partial charge in [-0.1, -0.05) is 23.2 Å². The van der Waals surface area contributed by atoms with Crippen LogP contribution in [0.4, 0.5) is 0 Å². The van der Waals surface area contributed by atoms with Gasteiger partial charge in [-0.15, -0.1) is 0 Å². The molecular weight excluding hydrogens is 391 g/mol. The minimum absolute atomic E-state index is 0.398. The molecule has 2 aromatic rings. The monoisotopic (exact) mass is 394 g/mol. The van der Waals surface area contributed by atoms with Gasteiger partial charge in [0, 0.05) is 15.1 Å². The van der Waals surface area contributed by atoms with E-state index in [4.69, 9.17) is 23.2 Å². The van der Waals surface area contributed by atoms with E-state index in [1.807, 2.05) is 13.0 Å². The van der Waals surface area contributed by atoms with Crippen LogP contribution in [0.25, 0.3) is 11.4 Å². The number of hydrogen-bond acceptors (Lipinski definition) is 2. The summed E-state index contributed by atoms with van der Waals surface area (Å²) >= 11 is 18.7. The van der Waals surface area contributed by atoms with Gasteiger partial charge in [0.15, 0.2) is 5.82 Å². The molecule has 2 rings (SSSR count).